The number of aryl methyl sites for hydroxylation is 1. The topological polar surface area (TPSA) is 95.8 Å². The number of nitrogens with zero attached hydrogens (tertiary/aromatic N) is 3. The monoisotopic (exact) mass is 378 g/mol. The second-order valence-corrected chi connectivity index (χ2v) is 8.21. The highest BCUT2D eigenvalue weighted by molar-refractivity contribution is 7.92. The Labute approximate surface area is 152 Å². The van der Waals surface area contributed by atoms with E-state index in [4.69, 9.17) is 4.52 Å². The summed E-state index contributed by atoms with van der Waals surface area (Å²) in [5.74, 6) is 0.721. The highest BCUT2D eigenvalue weighted by Crippen LogP contribution is 2.16. The number of piperazine rings is 1. The largest absolute Gasteiger partial charge is 0.360 e. The molecule has 2 aromatic rings. The molecule has 1 N–H and O–H groups in total. The van der Waals surface area contributed by atoms with Crippen LogP contribution in [0.5, 0.6) is 0 Å². The van der Waals surface area contributed by atoms with E-state index in [2.05, 4.69) is 14.8 Å². The molecule has 2 heterocycles. The third-order valence-electron chi connectivity index (χ3n) is 4.13. The van der Waals surface area contributed by atoms with Gasteiger partial charge in [-0.25, -0.2) is 8.42 Å². The maximum Gasteiger partial charge on any atom is 0.254 e. The summed E-state index contributed by atoms with van der Waals surface area (Å²) in [7, 11) is -3.38. The molecular weight excluding hydrogens is 356 g/mol. The number of benzene rings is 1. The molecule has 8 nitrogen and oxygen atoms in total. The predicted octanol–water partition coefficient (Wildman–Crippen LogP) is 1.31. The second-order valence-electron chi connectivity index (χ2n) is 6.46. The molecule has 0 spiro atoms. The summed E-state index contributed by atoms with van der Waals surface area (Å²) in [5.41, 5.74) is 1.71. The van der Waals surface area contributed by atoms with E-state index in [1.54, 1.807) is 29.2 Å². The highest BCUT2D eigenvalue weighted by atomic mass is 32.2. The Morgan fingerprint density at radius 3 is 2.58 bits per heavy atom. The average Bonchev–Trinajstić information content (AvgIpc) is 2.98. The summed E-state index contributed by atoms with van der Waals surface area (Å²) in [6, 6.07) is 8.46. The van der Waals surface area contributed by atoms with E-state index < -0.39 is 10.0 Å². The average molecular weight is 378 g/mol. The van der Waals surface area contributed by atoms with Gasteiger partial charge in [0.05, 0.1) is 18.5 Å². The minimum atomic E-state index is -3.38. The number of hydrogen-bond donors (Lipinski definition) is 1. The Balaban J connectivity index is 1.59. The van der Waals surface area contributed by atoms with Gasteiger partial charge in [-0.2, -0.15) is 0 Å². The van der Waals surface area contributed by atoms with Gasteiger partial charge >= 0.3 is 0 Å². The van der Waals surface area contributed by atoms with E-state index in [0.29, 0.717) is 30.9 Å². The van der Waals surface area contributed by atoms with Crippen LogP contribution in [0.15, 0.2) is 34.9 Å². The van der Waals surface area contributed by atoms with E-state index in [0.717, 1.165) is 30.8 Å². The Hall–Kier alpha value is -2.39. The van der Waals surface area contributed by atoms with Crippen LogP contribution in [0.4, 0.5) is 5.69 Å². The van der Waals surface area contributed by atoms with Gasteiger partial charge in [-0.05, 0) is 25.1 Å². The van der Waals surface area contributed by atoms with Gasteiger partial charge in [0.2, 0.25) is 10.0 Å². The zero-order valence-corrected chi connectivity index (χ0v) is 15.6. The smallest absolute Gasteiger partial charge is 0.254 e. The lowest BCUT2D eigenvalue weighted by Gasteiger charge is -2.34. The second kappa shape index (κ2) is 7.46. The molecular formula is C17H22N4O4S. The van der Waals surface area contributed by atoms with Crippen LogP contribution < -0.4 is 4.72 Å². The zero-order valence-electron chi connectivity index (χ0n) is 14.8. The van der Waals surface area contributed by atoms with Crippen molar-refractivity contribution in [2.75, 3.05) is 37.2 Å². The summed E-state index contributed by atoms with van der Waals surface area (Å²) in [6.45, 7) is 5.26. The number of carbonyl (C=O) groups excluding carboxylic acids is 1. The van der Waals surface area contributed by atoms with Crippen molar-refractivity contribution in [2.24, 2.45) is 0 Å². The van der Waals surface area contributed by atoms with Crippen LogP contribution in [0, 0.1) is 6.92 Å². The van der Waals surface area contributed by atoms with Crippen LogP contribution in [0.1, 0.15) is 21.8 Å². The molecule has 0 aliphatic carbocycles. The van der Waals surface area contributed by atoms with Crippen LogP contribution in [-0.4, -0.2) is 61.7 Å². The Bertz CT molecular complexity index is 886. The molecule has 1 aliphatic heterocycles. The van der Waals surface area contributed by atoms with Gasteiger partial charge in [0.1, 0.15) is 0 Å². The molecule has 1 aliphatic rings. The first kappa shape index (κ1) is 18.4. The van der Waals surface area contributed by atoms with Crippen LogP contribution >= 0.6 is 0 Å². The van der Waals surface area contributed by atoms with Crippen molar-refractivity contribution in [1.29, 1.82) is 0 Å². The summed E-state index contributed by atoms with van der Waals surface area (Å²) in [6.07, 6.45) is 1.08. The zero-order chi connectivity index (χ0) is 18.7. The normalized spacial score (nSPS) is 15.8. The quantitative estimate of drug-likeness (QED) is 0.843. The molecule has 9 heteroatoms. The summed E-state index contributed by atoms with van der Waals surface area (Å²) >= 11 is 0. The number of sulfonamides is 1. The van der Waals surface area contributed by atoms with E-state index in [1.807, 2.05) is 13.0 Å². The highest BCUT2D eigenvalue weighted by Gasteiger charge is 2.23. The number of aromatic nitrogens is 1. The van der Waals surface area contributed by atoms with Crippen molar-refractivity contribution in [3.8, 4) is 0 Å². The van der Waals surface area contributed by atoms with Crippen molar-refractivity contribution >= 4 is 21.6 Å². The summed E-state index contributed by atoms with van der Waals surface area (Å²) in [5, 5.41) is 3.88. The molecule has 1 amide bonds. The first-order chi connectivity index (χ1) is 12.3. The van der Waals surface area contributed by atoms with E-state index >= 15 is 0 Å². The molecule has 3 rings (SSSR count). The molecule has 0 radical (unpaired) electrons. The number of hydrogen-bond acceptors (Lipinski definition) is 6. The van der Waals surface area contributed by atoms with E-state index in [-0.39, 0.29) is 5.91 Å². The molecule has 0 unspecified atom stereocenters. The first-order valence-corrected chi connectivity index (χ1v) is 10.2. The van der Waals surface area contributed by atoms with Gasteiger partial charge in [-0.3, -0.25) is 14.4 Å². The number of carbonyl (C=O) groups is 1. The van der Waals surface area contributed by atoms with Crippen LogP contribution in [0.2, 0.25) is 0 Å². The van der Waals surface area contributed by atoms with Crippen LogP contribution in [-0.2, 0) is 16.6 Å². The lowest BCUT2D eigenvalue weighted by Crippen LogP contribution is -2.48. The van der Waals surface area contributed by atoms with Gasteiger partial charge in [0.15, 0.2) is 5.76 Å². The first-order valence-electron chi connectivity index (χ1n) is 8.32. The third-order valence-corrected chi connectivity index (χ3v) is 4.73. The lowest BCUT2D eigenvalue weighted by molar-refractivity contribution is 0.0617. The molecule has 0 atom stereocenters. The van der Waals surface area contributed by atoms with Gasteiger partial charge in [0.25, 0.3) is 5.91 Å². The number of anilines is 1. The minimum absolute atomic E-state index is 0.0997. The molecule has 0 saturated carbocycles. The fourth-order valence-electron chi connectivity index (χ4n) is 2.93. The maximum atomic E-state index is 12.7. The number of nitrogens with one attached hydrogen (secondary N) is 1. The fourth-order valence-corrected chi connectivity index (χ4v) is 3.49. The summed E-state index contributed by atoms with van der Waals surface area (Å²) in [4.78, 5) is 16.7. The molecule has 1 fully saturated rings. The van der Waals surface area contributed by atoms with Crippen molar-refractivity contribution in [1.82, 2.24) is 15.0 Å². The van der Waals surface area contributed by atoms with Crippen molar-refractivity contribution in [3.63, 3.8) is 0 Å². The fraction of sp³-hybridized carbons (Fsp3) is 0.412. The lowest BCUT2D eigenvalue weighted by atomic mass is 10.1. The maximum absolute atomic E-state index is 12.7. The third kappa shape index (κ3) is 4.83. The van der Waals surface area contributed by atoms with Gasteiger partial charge in [0, 0.05) is 43.5 Å². The Kier molecular flexibility index (Phi) is 5.28. The van der Waals surface area contributed by atoms with Crippen molar-refractivity contribution in [2.45, 2.75) is 13.5 Å². The van der Waals surface area contributed by atoms with Crippen molar-refractivity contribution < 1.29 is 17.7 Å². The van der Waals surface area contributed by atoms with Crippen LogP contribution in [0.3, 0.4) is 0 Å². The minimum Gasteiger partial charge on any atom is -0.360 e. The SMILES string of the molecule is Cc1cc(CN2CCN(C(=O)c3cccc(NS(C)(=O)=O)c3)CC2)on1. The van der Waals surface area contributed by atoms with Gasteiger partial charge in [-0.15, -0.1) is 0 Å². The van der Waals surface area contributed by atoms with Crippen LogP contribution in [0.25, 0.3) is 0 Å². The number of rotatable bonds is 5. The Morgan fingerprint density at radius 2 is 1.96 bits per heavy atom. The summed E-state index contributed by atoms with van der Waals surface area (Å²) < 4.78 is 30.3. The van der Waals surface area contributed by atoms with E-state index in [1.165, 1.54) is 0 Å². The molecule has 26 heavy (non-hydrogen) atoms. The molecule has 1 aromatic heterocycles. The van der Waals surface area contributed by atoms with Gasteiger partial charge < -0.3 is 9.42 Å². The van der Waals surface area contributed by atoms with E-state index in [9.17, 15) is 13.2 Å². The molecule has 1 saturated heterocycles. The van der Waals surface area contributed by atoms with Crippen molar-refractivity contribution in [3.05, 3.63) is 47.3 Å². The predicted molar refractivity (Wildman–Crippen MR) is 97.3 cm³/mol. The van der Waals surface area contributed by atoms with Gasteiger partial charge in [-0.1, -0.05) is 11.2 Å². The molecule has 1 aromatic carbocycles. The Morgan fingerprint density at radius 1 is 1.23 bits per heavy atom. The molecule has 0 bridgehead atoms. The standard InChI is InChI=1S/C17H22N4O4S/c1-13-10-16(25-18-13)12-20-6-8-21(9-7-20)17(22)14-4-3-5-15(11-14)19-26(2,23)24/h3-5,10-11,19H,6-9,12H2,1-2H3. The number of amides is 1. The molecule has 140 valence electrons.